The Morgan fingerprint density at radius 3 is 2.14 bits per heavy atom. The van der Waals surface area contributed by atoms with Gasteiger partial charge in [-0.1, -0.05) is 0 Å². The lowest BCUT2D eigenvalue weighted by molar-refractivity contribution is -0.169. The van der Waals surface area contributed by atoms with E-state index in [1.807, 2.05) is 0 Å². The lowest BCUT2D eigenvalue weighted by Gasteiger charge is -2.22. The zero-order valence-corrected chi connectivity index (χ0v) is 8.53. The van der Waals surface area contributed by atoms with E-state index in [0.29, 0.717) is 0 Å². The molecule has 0 spiro atoms. The maximum absolute atomic E-state index is 11.5. The summed E-state index contributed by atoms with van der Waals surface area (Å²) >= 11 is 0. The Balaban J connectivity index is 2.75. The van der Waals surface area contributed by atoms with Gasteiger partial charge in [-0.25, -0.2) is 0 Å². The zero-order valence-electron chi connectivity index (χ0n) is 8.53. The van der Waals surface area contributed by atoms with Crippen LogP contribution in [0, 0.1) is 5.41 Å². The summed E-state index contributed by atoms with van der Waals surface area (Å²) in [7, 11) is 0. The van der Waals surface area contributed by atoms with Crippen LogP contribution in [0.4, 0.5) is 0 Å². The molecule has 0 saturated heterocycles. The van der Waals surface area contributed by atoms with Crippen LogP contribution in [-0.2, 0) is 14.3 Å². The number of hydrogen-bond acceptors (Lipinski definition) is 4. The minimum Gasteiger partial charge on any atom is -0.480 e. The van der Waals surface area contributed by atoms with Crippen LogP contribution in [0.3, 0.4) is 0 Å². The molecule has 5 nitrogen and oxygen atoms in total. The van der Waals surface area contributed by atoms with Crippen LogP contribution in [0.1, 0.15) is 27.2 Å². The quantitative estimate of drug-likeness (QED) is 0.489. The van der Waals surface area contributed by atoms with Gasteiger partial charge in [0.15, 0.2) is 5.41 Å². The molecule has 0 aliphatic heterocycles. The molecule has 1 fully saturated rings. The van der Waals surface area contributed by atoms with Gasteiger partial charge in [-0.15, -0.1) is 0 Å². The number of carbonyl (C=O) groups is 2. The predicted octanol–water partition coefficient (Wildman–Crippen LogP) is 0.130. The smallest absolute Gasteiger partial charge is 0.325 e. The summed E-state index contributed by atoms with van der Waals surface area (Å²) in [5, 5.41) is 8.86. The molecule has 0 bridgehead atoms. The Morgan fingerprint density at radius 1 is 1.50 bits per heavy atom. The molecule has 3 N–H and O–H groups in total. The van der Waals surface area contributed by atoms with E-state index in [1.54, 1.807) is 20.8 Å². The number of carboxylic acid groups (broad SMARTS) is 1. The predicted molar refractivity (Wildman–Crippen MR) is 48.5 cm³/mol. The molecule has 0 aromatic rings. The summed E-state index contributed by atoms with van der Waals surface area (Å²) < 4.78 is 5.00. The van der Waals surface area contributed by atoms with E-state index >= 15 is 0 Å². The largest absolute Gasteiger partial charge is 0.480 e. The van der Waals surface area contributed by atoms with Gasteiger partial charge >= 0.3 is 11.9 Å². The monoisotopic (exact) mass is 201 g/mol. The number of rotatable bonds is 2. The van der Waals surface area contributed by atoms with Crippen LogP contribution in [0.5, 0.6) is 0 Å². The third-order valence-electron chi connectivity index (χ3n) is 2.16. The molecular weight excluding hydrogens is 186 g/mol. The number of nitrogens with two attached hydrogens (primary N) is 1. The van der Waals surface area contributed by atoms with Gasteiger partial charge in [-0.2, -0.15) is 0 Å². The summed E-state index contributed by atoms with van der Waals surface area (Å²) in [6, 6.07) is -0.616. The molecule has 14 heavy (non-hydrogen) atoms. The molecule has 1 aliphatic rings. The first-order valence-corrected chi connectivity index (χ1v) is 4.42. The van der Waals surface area contributed by atoms with Crippen LogP contribution in [-0.4, -0.2) is 28.7 Å². The topological polar surface area (TPSA) is 89.6 Å². The Labute approximate surface area is 82.2 Å². The van der Waals surface area contributed by atoms with Gasteiger partial charge in [0.25, 0.3) is 0 Å². The molecule has 0 radical (unpaired) electrons. The van der Waals surface area contributed by atoms with E-state index in [2.05, 4.69) is 0 Å². The van der Waals surface area contributed by atoms with Crippen molar-refractivity contribution in [1.82, 2.24) is 0 Å². The van der Waals surface area contributed by atoms with Gasteiger partial charge in [0.05, 0.1) is 0 Å². The highest BCUT2D eigenvalue weighted by Crippen LogP contribution is 2.46. The Bertz CT molecular complexity index is 281. The average Bonchev–Trinajstić information content (AvgIpc) is 2.58. The van der Waals surface area contributed by atoms with E-state index in [9.17, 15) is 9.59 Å². The van der Waals surface area contributed by atoms with Crippen LogP contribution in [0.2, 0.25) is 0 Å². The highest BCUT2D eigenvalue weighted by molar-refractivity contribution is 6.04. The minimum absolute atomic E-state index is 0.164. The van der Waals surface area contributed by atoms with Gasteiger partial charge in [-0.05, 0) is 27.2 Å². The van der Waals surface area contributed by atoms with Crippen molar-refractivity contribution in [3.05, 3.63) is 0 Å². The zero-order chi connectivity index (χ0) is 11.1. The molecular formula is C9H15NO4. The number of hydrogen-bond donors (Lipinski definition) is 2. The van der Waals surface area contributed by atoms with E-state index in [0.717, 1.165) is 0 Å². The standard InChI is InChI=1S/C9H15NO4/c1-8(2,3)14-7(13)9(6(11)12)4-5(9)10/h5H,4,10H2,1-3H3,(H,11,12). The molecule has 0 heterocycles. The summed E-state index contributed by atoms with van der Waals surface area (Å²) in [5.74, 6) is -1.93. The maximum atomic E-state index is 11.5. The van der Waals surface area contributed by atoms with Gasteiger partial charge in [0.2, 0.25) is 0 Å². The first kappa shape index (κ1) is 11.0. The number of carbonyl (C=O) groups excluding carboxylic acids is 1. The fraction of sp³-hybridized carbons (Fsp3) is 0.778. The first-order valence-electron chi connectivity index (χ1n) is 4.42. The third kappa shape index (κ3) is 1.72. The van der Waals surface area contributed by atoms with Crippen molar-refractivity contribution < 1.29 is 19.4 Å². The molecule has 1 saturated carbocycles. The van der Waals surface area contributed by atoms with Crippen LogP contribution >= 0.6 is 0 Å². The fourth-order valence-electron chi connectivity index (χ4n) is 1.23. The highest BCUT2D eigenvalue weighted by Gasteiger charge is 2.66. The lowest BCUT2D eigenvalue weighted by atomic mass is 10.1. The van der Waals surface area contributed by atoms with Gasteiger partial charge in [0.1, 0.15) is 5.60 Å². The van der Waals surface area contributed by atoms with Gasteiger partial charge in [0, 0.05) is 6.04 Å². The molecule has 0 amide bonds. The summed E-state index contributed by atoms with van der Waals surface area (Å²) in [6.07, 6.45) is 0.164. The van der Waals surface area contributed by atoms with Crippen molar-refractivity contribution in [2.75, 3.05) is 0 Å². The molecule has 80 valence electrons. The van der Waals surface area contributed by atoms with Crippen molar-refractivity contribution in [3.63, 3.8) is 0 Å². The SMILES string of the molecule is CC(C)(C)OC(=O)C1(C(=O)O)CC1N. The molecule has 0 aromatic heterocycles. The van der Waals surface area contributed by atoms with E-state index in [-0.39, 0.29) is 6.42 Å². The highest BCUT2D eigenvalue weighted by atomic mass is 16.6. The number of aliphatic carboxylic acids is 1. The van der Waals surface area contributed by atoms with Crippen molar-refractivity contribution in [2.24, 2.45) is 11.1 Å². The second-order valence-corrected chi connectivity index (χ2v) is 4.59. The van der Waals surface area contributed by atoms with Crippen molar-refractivity contribution in [1.29, 1.82) is 0 Å². The third-order valence-corrected chi connectivity index (χ3v) is 2.16. The average molecular weight is 201 g/mol. The summed E-state index contributed by atoms with van der Waals surface area (Å²) in [4.78, 5) is 22.4. The van der Waals surface area contributed by atoms with Crippen molar-refractivity contribution in [2.45, 2.75) is 38.8 Å². The normalized spacial score (nSPS) is 31.0. The molecule has 0 aromatic carbocycles. The molecule has 5 heteroatoms. The van der Waals surface area contributed by atoms with Gasteiger partial charge < -0.3 is 15.6 Å². The van der Waals surface area contributed by atoms with Gasteiger partial charge in [-0.3, -0.25) is 9.59 Å². The van der Waals surface area contributed by atoms with E-state index < -0.39 is 29.0 Å². The maximum Gasteiger partial charge on any atom is 0.325 e. The summed E-state index contributed by atoms with van der Waals surface area (Å²) in [5.41, 5.74) is 3.27. The lowest BCUT2D eigenvalue weighted by Crippen LogP contribution is -2.37. The number of ether oxygens (including phenoxy) is 1. The number of carboxylic acids is 1. The Hall–Kier alpha value is -1.10. The second-order valence-electron chi connectivity index (χ2n) is 4.59. The minimum atomic E-state index is -1.49. The van der Waals surface area contributed by atoms with Crippen LogP contribution < -0.4 is 5.73 Å². The van der Waals surface area contributed by atoms with Crippen LogP contribution in [0.15, 0.2) is 0 Å². The molecule has 2 unspecified atom stereocenters. The molecule has 1 aliphatic carbocycles. The number of esters is 1. The molecule has 1 rings (SSSR count). The summed E-state index contributed by atoms with van der Waals surface area (Å²) in [6.45, 7) is 5.07. The van der Waals surface area contributed by atoms with Crippen LogP contribution in [0.25, 0.3) is 0 Å². The second kappa shape index (κ2) is 2.95. The Morgan fingerprint density at radius 2 is 1.93 bits per heavy atom. The van der Waals surface area contributed by atoms with Crippen molar-refractivity contribution in [3.8, 4) is 0 Å². The van der Waals surface area contributed by atoms with E-state index in [4.69, 9.17) is 15.6 Å². The fourth-order valence-corrected chi connectivity index (χ4v) is 1.23. The Kier molecular flexibility index (Phi) is 2.31. The van der Waals surface area contributed by atoms with Crippen molar-refractivity contribution >= 4 is 11.9 Å². The molecule has 2 atom stereocenters. The van der Waals surface area contributed by atoms with E-state index in [1.165, 1.54) is 0 Å². The first-order chi connectivity index (χ1) is 6.20.